The van der Waals surface area contributed by atoms with Gasteiger partial charge in [0.05, 0.1) is 12.2 Å². The lowest BCUT2D eigenvalue weighted by molar-refractivity contribution is -0.127. The zero-order valence-corrected chi connectivity index (χ0v) is 12.0. The molecule has 0 saturated carbocycles. The maximum atomic E-state index is 11.8. The number of carbonyl (C=O) groups excluding carboxylic acids is 1. The Hall–Kier alpha value is -1.14. The summed E-state index contributed by atoms with van der Waals surface area (Å²) >= 11 is 1.62. The lowest BCUT2D eigenvalue weighted by Gasteiger charge is -2.18. The molecule has 2 rings (SSSR count). The third-order valence-corrected chi connectivity index (χ3v) is 4.25. The first-order chi connectivity index (χ1) is 8.61. The number of likely N-dealkylation sites (N-methyl/N-ethyl adjacent to an activating group) is 1. The summed E-state index contributed by atoms with van der Waals surface area (Å²) in [7, 11) is 3.79. The lowest BCUT2D eigenvalue weighted by Crippen LogP contribution is -2.34. The SMILES string of the molecule is CNC(C)c1csc(N2CCCN(C)C(=O)C2)n1. The molecule has 100 valence electrons. The molecule has 2 heterocycles. The molecule has 0 aromatic carbocycles. The normalized spacial score (nSPS) is 18.9. The van der Waals surface area contributed by atoms with Crippen molar-refractivity contribution < 1.29 is 4.79 Å². The van der Waals surface area contributed by atoms with E-state index in [-0.39, 0.29) is 11.9 Å². The molecule has 1 amide bonds. The molecular weight excluding hydrogens is 248 g/mol. The predicted molar refractivity (Wildman–Crippen MR) is 74.1 cm³/mol. The van der Waals surface area contributed by atoms with Crippen molar-refractivity contribution in [1.29, 1.82) is 0 Å². The van der Waals surface area contributed by atoms with Gasteiger partial charge < -0.3 is 15.1 Å². The molecule has 1 saturated heterocycles. The van der Waals surface area contributed by atoms with Gasteiger partial charge in [0.25, 0.3) is 0 Å². The zero-order chi connectivity index (χ0) is 13.1. The van der Waals surface area contributed by atoms with Crippen molar-refractivity contribution in [2.75, 3.05) is 38.6 Å². The maximum Gasteiger partial charge on any atom is 0.241 e. The van der Waals surface area contributed by atoms with Crippen LogP contribution < -0.4 is 10.2 Å². The van der Waals surface area contributed by atoms with Crippen LogP contribution in [0.3, 0.4) is 0 Å². The fraction of sp³-hybridized carbons (Fsp3) is 0.667. The summed E-state index contributed by atoms with van der Waals surface area (Å²) in [6.45, 7) is 4.26. The smallest absolute Gasteiger partial charge is 0.241 e. The van der Waals surface area contributed by atoms with Crippen molar-refractivity contribution in [2.45, 2.75) is 19.4 Å². The van der Waals surface area contributed by atoms with Crippen LogP contribution in [-0.4, -0.2) is 49.5 Å². The summed E-state index contributed by atoms with van der Waals surface area (Å²) < 4.78 is 0. The molecule has 1 atom stereocenters. The van der Waals surface area contributed by atoms with E-state index >= 15 is 0 Å². The zero-order valence-electron chi connectivity index (χ0n) is 11.1. The molecule has 6 heteroatoms. The summed E-state index contributed by atoms with van der Waals surface area (Å²) in [5.41, 5.74) is 1.04. The summed E-state index contributed by atoms with van der Waals surface area (Å²) in [6, 6.07) is 0.250. The Labute approximate surface area is 112 Å². The third-order valence-electron chi connectivity index (χ3n) is 3.33. The largest absolute Gasteiger partial charge is 0.344 e. The van der Waals surface area contributed by atoms with Crippen LogP contribution in [-0.2, 0) is 4.79 Å². The molecule has 0 aliphatic carbocycles. The van der Waals surface area contributed by atoms with E-state index in [1.54, 1.807) is 16.2 Å². The molecule has 0 bridgehead atoms. The van der Waals surface area contributed by atoms with E-state index in [9.17, 15) is 4.79 Å². The van der Waals surface area contributed by atoms with Gasteiger partial charge >= 0.3 is 0 Å². The van der Waals surface area contributed by atoms with E-state index in [4.69, 9.17) is 0 Å². The Balaban J connectivity index is 2.11. The number of nitrogens with zero attached hydrogens (tertiary/aromatic N) is 3. The van der Waals surface area contributed by atoms with Crippen molar-refractivity contribution in [1.82, 2.24) is 15.2 Å². The first kappa shape index (κ1) is 13.3. The van der Waals surface area contributed by atoms with E-state index in [1.165, 1.54) is 0 Å². The quantitative estimate of drug-likeness (QED) is 0.891. The highest BCUT2D eigenvalue weighted by molar-refractivity contribution is 7.13. The van der Waals surface area contributed by atoms with Gasteiger partial charge in [-0.25, -0.2) is 4.98 Å². The summed E-state index contributed by atoms with van der Waals surface area (Å²) in [5, 5.41) is 6.20. The van der Waals surface area contributed by atoms with Crippen molar-refractivity contribution in [2.24, 2.45) is 0 Å². The molecule has 1 aromatic heterocycles. The van der Waals surface area contributed by atoms with Crippen LogP contribution in [0.4, 0.5) is 5.13 Å². The Bertz CT molecular complexity index is 420. The summed E-state index contributed by atoms with van der Waals surface area (Å²) in [6.07, 6.45) is 0.999. The fourth-order valence-corrected chi connectivity index (χ4v) is 2.86. The molecule has 18 heavy (non-hydrogen) atoms. The number of aromatic nitrogens is 1. The number of hydrogen-bond acceptors (Lipinski definition) is 5. The van der Waals surface area contributed by atoms with Crippen LogP contribution in [0.5, 0.6) is 0 Å². The van der Waals surface area contributed by atoms with Crippen LogP contribution in [0.2, 0.25) is 0 Å². The molecule has 0 radical (unpaired) electrons. The Morgan fingerprint density at radius 3 is 3.00 bits per heavy atom. The lowest BCUT2D eigenvalue weighted by atomic mass is 10.3. The number of thiazole rings is 1. The van der Waals surface area contributed by atoms with Gasteiger partial charge in [0.2, 0.25) is 5.91 Å². The van der Waals surface area contributed by atoms with Crippen LogP contribution in [0.15, 0.2) is 5.38 Å². The Morgan fingerprint density at radius 2 is 2.28 bits per heavy atom. The molecule has 1 aliphatic heterocycles. The molecule has 1 aromatic rings. The summed E-state index contributed by atoms with van der Waals surface area (Å²) in [5.74, 6) is 0.172. The average Bonchev–Trinajstić information content (AvgIpc) is 2.79. The number of anilines is 1. The van der Waals surface area contributed by atoms with Crippen molar-refractivity contribution in [3.05, 3.63) is 11.1 Å². The van der Waals surface area contributed by atoms with E-state index in [0.29, 0.717) is 6.54 Å². The second-order valence-electron chi connectivity index (χ2n) is 4.66. The van der Waals surface area contributed by atoms with Crippen molar-refractivity contribution in [3.63, 3.8) is 0 Å². The molecular formula is C12H20N4OS. The minimum absolute atomic E-state index is 0.172. The number of hydrogen-bond donors (Lipinski definition) is 1. The minimum Gasteiger partial charge on any atom is -0.344 e. The van der Waals surface area contributed by atoms with Gasteiger partial charge in [-0.05, 0) is 20.4 Å². The van der Waals surface area contributed by atoms with Gasteiger partial charge in [-0.3, -0.25) is 4.79 Å². The molecule has 1 N–H and O–H groups in total. The Morgan fingerprint density at radius 1 is 1.50 bits per heavy atom. The fourth-order valence-electron chi connectivity index (χ4n) is 1.92. The first-order valence-electron chi connectivity index (χ1n) is 6.23. The standard InChI is InChI=1S/C12H20N4OS/c1-9(13-2)10-8-18-12(14-10)16-6-4-5-15(3)11(17)7-16/h8-9,13H,4-7H2,1-3H3. The van der Waals surface area contributed by atoms with Gasteiger partial charge in [-0.15, -0.1) is 11.3 Å². The highest BCUT2D eigenvalue weighted by atomic mass is 32.1. The second-order valence-corrected chi connectivity index (χ2v) is 5.49. The number of nitrogens with one attached hydrogen (secondary N) is 1. The third kappa shape index (κ3) is 2.81. The average molecular weight is 268 g/mol. The van der Waals surface area contributed by atoms with Crippen LogP contribution in [0, 0.1) is 0 Å². The van der Waals surface area contributed by atoms with E-state index in [1.807, 2.05) is 14.1 Å². The molecule has 1 unspecified atom stereocenters. The highest BCUT2D eigenvalue weighted by Crippen LogP contribution is 2.24. The van der Waals surface area contributed by atoms with Crippen LogP contribution in [0.1, 0.15) is 25.1 Å². The van der Waals surface area contributed by atoms with Crippen molar-refractivity contribution >= 4 is 22.4 Å². The van der Waals surface area contributed by atoms with E-state index < -0.39 is 0 Å². The molecule has 0 spiro atoms. The topological polar surface area (TPSA) is 48.5 Å². The van der Waals surface area contributed by atoms with Crippen molar-refractivity contribution in [3.8, 4) is 0 Å². The molecule has 5 nitrogen and oxygen atoms in total. The maximum absolute atomic E-state index is 11.8. The first-order valence-corrected chi connectivity index (χ1v) is 7.11. The number of carbonyl (C=O) groups is 1. The van der Waals surface area contributed by atoms with E-state index in [2.05, 4.69) is 27.5 Å². The molecule has 1 fully saturated rings. The van der Waals surface area contributed by atoms with Gasteiger partial charge in [-0.2, -0.15) is 0 Å². The van der Waals surface area contributed by atoms with Gasteiger partial charge in [0.1, 0.15) is 0 Å². The minimum atomic E-state index is 0.172. The van der Waals surface area contributed by atoms with E-state index in [0.717, 1.165) is 30.3 Å². The van der Waals surface area contributed by atoms with Gasteiger partial charge in [0.15, 0.2) is 5.13 Å². The molecule has 1 aliphatic rings. The predicted octanol–water partition coefficient (Wildman–Crippen LogP) is 1.09. The van der Waals surface area contributed by atoms with Gasteiger partial charge in [0, 0.05) is 31.6 Å². The monoisotopic (exact) mass is 268 g/mol. The summed E-state index contributed by atoms with van der Waals surface area (Å²) in [4.78, 5) is 20.3. The van der Waals surface area contributed by atoms with Crippen LogP contribution >= 0.6 is 11.3 Å². The van der Waals surface area contributed by atoms with Crippen LogP contribution in [0.25, 0.3) is 0 Å². The Kier molecular flexibility index (Phi) is 4.19. The second kappa shape index (κ2) is 5.67. The highest BCUT2D eigenvalue weighted by Gasteiger charge is 2.21. The van der Waals surface area contributed by atoms with Gasteiger partial charge in [-0.1, -0.05) is 0 Å². The number of amides is 1. The number of rotatable bonds is 3.